The van der Waals surface area contributed by atoms with Crippen LogP contribution in [0.3, 0.4) is 0 Å². The van der Waals surface area contributed by atoms with Gasteiger partial charge >= 0.3 is 5.97 Å². The highest BCUT2D eigenvalue weighted by Gasteiger charge is 2.49. The van der Waals surface area contributed by atoms with Crippen LogP contribution in [0.2, 0.25) is 0 Å². The first-order chi connectivity index (χ1) is 13.2. The van der Waals surface area contributed by atoms with Crippen molar-refractivity contribution in [2.75, 3.05) is 25.0 Å². The molecule has 2 fully saturated rings. The number of carbonyl (C=O) groups excluding carboxylic acids is 2. The summed E-state index contributed by atoms with van der Waals surface area (Å²) in [5.74, 6) is -0.317. The Morgan fingerprint density at radius 2 is 2.04 bits per heavy atom. The lowest BCUT2D eigenvalue weighted by molar-refractivity contribution is -0.117. The molecule has 6 heteroatoms. The molecule has 2 bridgehead atoms. The van der Waals surface area contributed by atoms with Crippen LogP contribution in [-0.2, 0) is 22.4 Å². The molecule has 3 aliphatic rings. The third-order valence-electron chi connectivity index (χ3n) is 6.52. The Morgan fingerprint density at radius 1 is 1.25 bits per heavy atom. The van der Waals surface area contributed by atoms with Crippen molar-refractivity contribution in [1.82, 2.24) is 4.90 Å². The van der Waals surface area contributed by atoms with Gasteiger partial charge in [0.1, 0.15) is 5.00 Å². The summed E-state index contributed by atoms with van der Waals surface area (Å²) < 4.78 is 5.27. The molecule has 2 atom stereocenters. The summed E-state index contributed by atoms with van der Waals surface area (Å²) in [5, 5.41) is 3.74. The number of fused-ring (bicyclic) bond motifs is 3. The fourth-order valence-electron chi connectivity index (χ4n) is 6.02. The summed E-state index contributed by atoms with van der Waals surface area (Å²) in [5.41, 5.74) is 2.34. The summed E-state index contributed by atoms with van der Waals surface area (Å²) >= 11 is 1.56. The van der Waals surface area contributed by atoms with Gasteiger partial charge in [0.25, 0.3) is 0 Å². The highest BCUT2D eigenvalue weighted by atomic mass is 32.1. The number of hydrogen-bond acceptors (Lipinski definition) is 5. The number of hydrogen-bond donors (Lipinski definition) is 1. The zero-order valence-corrected chi connectivity index (χ0v) is 18.3. The monoisotopic (exact) mass is 404 g/mol. The number of aryl methyl sites for hydroxylation is 1. The lowest BCUT2D eigenvalue weighted by atomic mass is 9.65. The topological polar surface area (TPSA) is 58.6 Å². The number of ether oxygens (including phenoxy) is 1. The molecule has 5 nitrogen and oxygen atoms in total. The van der Waals surface area contributed by atoms with Gasteiger partial charge in [-0.3, -0.25) is 9.69 Å². The number of nitrogens with zero attached hydrogens (tertiary/aromatic N) is 1. The third kappa shape index (κ3) is 3.73. The van der Waals surface area contributed by atoms with Crippen LogP contribution in [0.4, 0.5) is 5.00 Å². The number of carbonyl (C=O) groups is 2. The van der Waals surface area contributed by atoms with Crippen LogP contribution < -0.4 is 5.32 Å². The van der Waals surface area contributed by atoms with Gasteiger partial charge in [-0.05, 0) is 61.8 Å². The Morgan fingerprint density at radius 3 is 2.79 bits per heavy atom. The molecule has 1 aromatic rings. The molecule has 0 aromatic carbocycles. The molecule has 0 radical (unpaired) electrons. The second kappa shape index (κ2) is 7.13. The lowest BCUT2D eigenvalue weighted by Crippen LogP contribution is -2.38. The number of amides is 1. The van der Waals surface area contributed by atoms with Crippen LogP contribution in [0.5, 0.6) is 0 Å². The Labute approximate surface area is 171 Å². The zero-order valence-electron chi connectivity index (χ0n) is 17.5. The van der Waals surface area contributed by atoms with Crippen LogP contribution in [0, 0.1) is 10.8 Å². The number of anilines is 1. The van der Waals surface area contributed by atoms with Crippen LogP contribution >= 0.6 is 11.3 Å². The van der Waals surface area contributed by atoms with E-state index in [4.69, 9.17) is 4.74 Å². The van der Waals surface area contributed by atoms with Crippen LogP contribution in [0.1, 0.15) is 74.2 Å². The fourth-order valence-corrected chi connectivity index (χ4v) is 7.32. The normalized spacial score (nSPS) is 28.2. The van der Waals surface area contributed by atoms with E-state index in [1.807, 2.05) is 6.92 Å². The van der Waals surface area contributed by atoms with Crippen molar-refractivity contribution >= 4 is 28.2 Å². The minimum atomic E-state index is -0.302. The average Bonchev–Trinajstić information content (AvgIpc) is 3.18. The molecule has 154 valence electrons. The summed E-state index contributed by atoms with van der Waals surface area (Å²) in [6.45, 7) is 10.6. The van der Waals surface area contributed by atoms with Gasteiger partial charge in [-0.1, -0.05) is 20.8 Å². The van der Waals surface area contributed by atoms with E-state index in [0.717, 1.165) is 37.8 Å². The Bertz CT molecular complexity index is 800. The van der Waals surface area contributed by atoms with Crippen LogP contribution in [0.15, 0.2) is 0 Å². The molecule has 1 saturated carbocycles. The lowest BCUT2D eigenvalue weighted by Gasteiger charge is -2.39. The molecule has 2 heterocycles. The highest BCUT2D eigenvalue weighted by molar-refractivity contribution is 7.17. The Hall–Kier alpha value is -1.40. The molecule has 1 saturated heterocycles. The number of esters is 1. The number of rotatable bonds is 5. The quantitative estimate of drug-likeness (QED) is 0.745. The minimum absolute atomic E-state index is 0.0144. The van der Waals surface area contributed by atoms with Crippen molar-refractivity contribution in [2.45, 2.75) is 72.3 Å². The van der Waals surface area contributed by atoms with E-state index in [0.29, 0.717) is 40.6 Å². The molecule has 1 amide bonds. The zero-order chi connectivity index (χ0) is 20.1. The van der Waals surface area contributed by atoms with Crippen molar-refractivity contribution in [2.24, 2.45) is 10.8 Å². The molecular weight excluding hydrogens is 372 g/mol. The van der Waals surface area contributed by atoms with Gasteiger partial charge in [0.05, 0.1) is 18.7 Å². The second-order valence-electron chi connectivity index (χ2n) is 9.95. The summed E-state index contributed by atoms with van der Waals surface area (Å²) in [6, 6.07) is 0.484. The summed E-state index contributed by atoms with van der Waals surface area (Å²) in [6.07, 6.45) is 6.52. The van der Waals surface area contributed by atoms with E-state index in [-0.39, 0.29) is 11.9 Å². The Balaban J connectivity index is 1.47. The van der Waals surface area contributed by atoms with Gasteiger partial charge in [0.15, 0.2) is 0 Å². The highest BCUT2D eigenvalue weighted by Crippen LogP contribution is 2.52. The van der Waals surface area contributed by atoms with Gasteiger partial charge in [0, 0.05) is 17.5 Å². The van der Waals surface area contributed by atoms with Gasteiger partial charge in [0.2, 0.25) is 5.91 Å². The van der Waals surface area contributed by atoms with Crippen LogP contribution in [-0.4, -0.2) is 42.5 Å². The molecule has 1 N–H and O–H groups in total. The van der Waals surface area contributed by atoms with Crippen molar-refractivity contribution in [3.63, 3.8) is 0 Å². The predicted octanol–water partition coefficient (Wildman–Crippen LogP) is 4.25. The maximum absolute atomic E-state index is 12.9. The number of nitrogens with one attached hydrogen (secondary N) is 1. The molecule has 4 rings (SSSR count). The molecule has 1 aliphatic heterocycles. The second-order valence-corrected chi connectivity index (χ2v) is 11.1. The van der Waals surface area contributed by atoms with E-state index in [9.17, 15) is 9.59 Å². The molecule has 1 aromatic heterocycles. The predicted molar refractivity (Wildman–Crippen MR) is 112 cm³/mol. The molecule has 0 spiro atoms. The standard InChI is InChI=1S/C22H32N2O3S/c1-5-27-20(26)18-15-7-6-8-16(15)28-19(18)23-17(25)11-24-13-22(4)10-14(24)9-21(2,3)12-22/h14H,5-13H2,1-4H3,(H,23,25)/t14-,22+/m1/s1. The van der Waals surface area contributed by atoms with Crippen molar-refractivity contribution < 1.29 is 14.3 Å². The first-order valence-electron chi connectivity index (χ1n) is 10.6. The first kappa shape index (κ1) is 19.9. The minimum Gasteiger partial charge on any atom is -0.462 e. The van der Waals surface area contributed by atoms with Crippen LogP contribution in [0.25, 0.3) is 0 Å². The smallest absolute Gasteiger partial charge is 0.341 e. The van der Waals surface area contributed by atoms with Crippen molar-refractivity contribution in [3.8, 4) is 0 Å². The first-order valence-corrected chi connectivity index (χ1v) is 11.4. The Kier molecular flexibility index (Phi) is 5.07. The maximum Gasteiger partial charge on any atom is 0.341 e. The van der Waals surface area contributed by atoms with Crippen molar-refractivity contribution in [3.05, 3.63) is 16.0 Å². The SMILES string of the molecule is CCOC(=O)c1c(NC(=O)CN2C[C@@]3(C)C[C@H]2CC(C)(C)C3)sc2c1CCC2. The van der Waals surface area contributed by atoms with E-state index in [1.54, 1.807) is 11.3 Å². The summed E-state index contributed by atoms with van der Waals surface area (Å²) in [7, 11) is 0. The van der Waals surface area contributed by atoms with E-state index in [1.165, 1.54) is 17.7 Å². The van der Waals surface area contributed by atoms with Gasteiger partial charge in [-0.2, -0.15) is 0 Å². The number of likely N-dealkylation sites (tertiary alicyclic amines) is 1. The fraction of sp³-hybridized carbons (Fsp3) is 0.727. The molecule has 0 unspecified atom stereocenters. The molecular formula is C22H32N2O3S. The van der Waals surface area contributed by atoms with Gasteiger partial charge < -0.3 is 10.1 Å². The van der Waals surface area contributed by atoms with Crippen molar-refractivity contribution in [1.29, 1.82) is 0 Å². The number of thiophene rings is 1. The molecule has 2 aliphatic carbocycles. The molecule has 28 heavy (non-hydrogen) atoms. The largest absolute Gasteiger partial charge is 0.462 e. The van der Waals surface area contributed by atoms with Gasteiger partial charge in [-0.25, -0.2) is 4.79 Å². The summed E-state index contributed by atoms with van der Waals surface area (Å²) in [4.78, 5) is 29.0. The average molecular weight is 405 g/mol. The van der Waals surface area contributed by atoms with E-state index in [2.05, 4.69) is 31.0 Å². The van der Waals surface area contributed by atoms with Gasteiger partial charge in [-0.15, -0.1) is 11.3 Å². The van der Waals surface area contributed by atoms with E-state index < -0.39 is 0 Å². The maximum atomic E-state index is 12.9. The third-order valence-corrected chi connectivity index (χ3v) is 7.73. The van der Waals surface area contributed by atoms with E-state index >= 15 is 0 Å².